The van der Waals surface area contributed by atoms with Gasteiger partial charge in [-0.1, -0.05) is 0 Å². The lowest BCUT2D eigenvalue weighted by Crippen LogP contribution is -2.43. The second-order valence-electron chi connectivity index (χ2n) is 4.95. The minimum Gasteiger partial charge on any atom is -0.383 e. The predicted molar refractivity (Wildman–Crippen MR) is 62.0 cm³/mol. The Labute approximate surface area is 93.2 Å². The third-order valence-corrected chi connectivity index (χ3v) is 3.64. The van der Waals surface area contributed by atoms with Crippen molar-refractivity contribution < 1.29 is 4.74 Å². The van der Waals surface area contributed by atoms with Gasteiger partial charge >= 0.3 is 0 Å². The van der Waals surface area contributed by atoms with E-state index in [0.717, 1.165) is 25.1 Å². The second-order valence-corrected chi connectivity index (χ2v) is 4.95. The van der Waals surface area contributed by atoms with E-state index in [0.29, 0.717) is 6.04 Å². The van der Waals surface area contributed by atoms with Gasteiger partial charge in [-0.3, -0.25) is 4.90 Å². The van der Waals surface area contributed by atoms with Crippen molar-refractivity contribution in [2.45, 2.75) is 37.8 Å². The van der Waals surface area contributed by atoms with Crippen LogP contribution in [0.4, 0.5) is 0 Å². The molecule has 0 amide bonds. The first kappa shape index (κ1) is 11.4. The summed E-state index contributed by atoms with van der Waals surface area (Å²) < 4.78 is 5.18. The zero-order valence-corrected chi connectivity index (χ0v) is 10.0. The van der Waals surface area contributed by atoms with Crippen LogP contribution in [-0.4, -0.2) is 50.8 Å². The number of nitrogens with one attached hydrogen (secondary N) is 1. The summed E-state index contributed by atoms with van der Waals surface area (Å²) in [6.07, 6.45) is 5.64. The van der Waals surface area contributed by atoms with Gasteiger partial charge in [0, 0.05) is 32.3 Å². The number of hydrogen-bond donors (Lipinski definition) is 1. The lowest BCUT2D eigenvalue weighted by atomic mass is 10.1. The Kier molecular flexibility index (Phi) is 4.00. The third-order valence-electron chi connectivity index (χ3n) is 3.64. The van der Waals surface area contributed by atoms with Gasteiger partial charge in [0.2, 0.25) is 0 Å². The number of methoxy groups -OCH3 is 1. The summed E-state index contributed by atoms with van der Waals surface area (Å²) in [5, 5.41) is 3.47. The van der Waals surface area contributed by atoms with Crippen LogP contribution in [0.2, 0.25) is 0 Å². The monoisotopic (exact) mass is 212 g/mol. The maximum absolute atomic E-state index is 5.18. The van der Waals surface area contributed by atoms with Crippen LogP contribution in [0.3, 0.4) is 0 Å². The standard InChI is InChI=1S/C12H24N2O/c1-13-12(10-3-4-10)9-14(7-8-15-2)11-5-6-11/h10-13H,3-9H2,1-2H3. The van der Waals surface area contributed by atoms with Crippen molar-refractivity contribution in [2.75, 3.05) is 33.9 Å². The molecule has 0 spiro atoms. The Hall–Kier alpha value is -0.120. The zero-order chi connectivity index (χ0) is 10.7. The quantitative estimate of drug-likeness (QED) is 0.652. The predicted octanol–water partition coefficient (Wildman–Crippen LogP) is 1.10. The lowest BCUT2D eigenvalue weighted by Gasteiger charge is -2.27. The van der Waals surface area contributed by atoms with E-state index in [1.54, 1.807) is 7.11 Å². The molecular formula is C12H24N2O. The number of likely N-dealkylation sites (N-methyl/N-ethyl adjacent to an activating group) is 1. The molecule has 3 nitrogen and oxygen atoms in total. The van der Waals surface area contributed by atoms with E-state index in [-0.39, 0.29) is 0 Å². The molecule has 0 bridgehead atoms. The number of hydrogen-bond acceptors (Lipinski definition) is 3. The Morgan fingerprint density at radius 1 is 1.33 bits per heavy atom. The van der Waals surface area contributed by atoms with Gasteiger partial charge in [0.1, 0.15) is 0 Å². The van der Waals surface area contributed by atoms with Crippen molar-refractivity contribution in [1.82, 2.24) is 10.2 Å². The molecule has 2 rings (SSSR count). The summed E-state index contributed by atoms with van der Waals surface area (Å²) >= 11 is 0. The summed E-state index contributed by atoms with van der Waals surface area (Å²) in [7, 11) is 3.89. The van der Waals surface area contributed by atoms with E-state index in [4.69, 9.17) is 4.74 Å². The first-order chi connectivity index (χ1) is 7.35. The first-order valence-corrected chi connectivity index (χ1v) is 6.25. The summed E-state index contributed by atoms with van der Waals surface area (Å²) in [5.74, 6) is 0.943. The van der Waals surface area contributed by atoms with E-state index in [2.05, 4.69) is 17.3 Å². The first-order valence-electron chi connectivity index (χ1n) is 6.25. The average molecular weight is 212 g/mol. The van der Waals surface area contributed by atoms with Crippen LogP contribution in [0.1, 0.15) is 25.7 Å². The maximum atomic E-state index is 5.18. The third kappa shape index (κ3) is 3.44. The molecule has 88 valence electrons. The summed E-state index contributed by atoms with van der Waals surface area (Å²) in [6, 6.07) is 1.57. The molecule has 0 aromatic heterocycles. The Morgan fingerprint density at radius 2 is 2.07 bits per heavy atom. The fourth-order valence-corrected chi connectivity index (χ4v) is 2.30. The van der Waals surface area contributed by atoms with Crippen LogP contribution in [0.15, 0.2) is 0 Å². The van der Waals surface area contributed by atoms with Crippen molar-refractivity contribution in [1.29, 1.82) is 0 Å². The van der Waals surface area contributed by atoms with Crippen molar-refractivity contribution >= 4 is 0 Å². The van der Waals surface area contributed by atoms with Gasteiger partial charge < -0.3 is 10.1 Å². The van der Waals surface area contributed by atoms with Crippen molar-refractivity contribution in [3.8, 4) is 0 Å². The maximum Gasteiger partial charge on any atom is 0.0589 e. The molecule has 1 atom stereocenters. The molecule has 2 aliphatic carbocycles. The minimum atomic E-state index is 0.711. The second kappa shape index (κ2) is 5.28. The van der Waals surface area contributed by atoms with Crippen LogP contribution in [0, 0.1) is 5.92 Å². The van der Waals surface area contributed by atoms with Crippen molar-refractivity contribution in [3.05, 3.63) is 0 Å². The lowest BCUT2D eigenvalue weighted by molar-refractivity contribution is 0.134. The average Bonchev–Trinajstić information content (AvgIpc) is 3.08. The van der Waals surface area contributed by atoms with E-state index in [9.17, 15) is 0 Å². The molecule has 15 heavy (non-hydrogen) atoms. The normalized spacial score (nSPS) is 23.4. The molecule has 0 aliphatic heterocycles. The van der Waals surface area contributed by atoms with Crippen LogP contribution in [0.5, 0.6) is 0 Å². The molecular weight excluding hydrogens is 188 g/mol. The van der Waals surface area contributed by atoms with E-state index in [1.165, 1.54) is 32.2 Å². The van der Waals surface area contributed by atoms with Crippen LogP contribution >= 0.6 is 0 Å². The van der Waals surface area contributed by atoms with Gasteiger partial charge in [0.25, 0.3) is 0 Å². The van der Waals surface area contributed by atoms with Gasteiger partial charge in [-0.15, -0.1) is 0 Å². The molecule has 2 aliphatic rings. The number of ether oxygens (including phenoxy) is 1. The fourth-order valence-electron chi connectivity index (χ4n) is 2.30. The molecule has 3 heteroatoms. The topological polar surface area (TPSA) is 24.5 Å². The Balaban J connectivity index is 1.75. The summed E-state index contributed by atoms with van der Waals surface area (Å²) in [6.45, 7) is 3.19. The minimum absolute atomic E-state index is 0.711. The summed E-state index contributed by atoms with van der Waals surface area (Å²) in [4.78, 5) is 2.61. The number of nitrogens with zero attached hydrogens (tertiary/aromatic N) is 1. The van der Waals surface area contributed by atoms with Gasteiger partial charge in [0.05, 0.1) is 6.61 Å². The molecule has 1 N–H and O–H groups in total. The molecule has 0 aromatic carbocycles. The van der Waals surface area contributed by atoms with Gasteiger partial charge in [-0.2, -0.15) is 0 Å². The SMILES string of the molecule is CNC(CN(CCOC)C1CC1)C1CC1. The van der Waals surface area contributed by atoms with Gasteiger partial charge in [-0.25, -0.2) is 0 Å². The molecule has 2 fully saturated rings. The van der Waals surface area contributed by atoms with Gasteiger partial charge in [-0.05, 0) is 38.6 Å². The fraction of sp³-hybridized carbons (Fsp3) is 1.00. The van der Waals surface area contributed by atoms with Crippen LogP contribution < -0.4 is 5.32 Å². The van der Waals surface area contributed by atoms with Crippen LogP contribution in [-0.2, 0) is 4.74 Å². The van der Waals surface area contributed by atoms with Crippen molar-refractivity contribution in [3.63, 3.8) is 0 Å². The Bertz CT molecular complexity index is 190. The molecule has 0 radical (unpaired) electrons. The largest absolute Gasteiger partial charge is 0.383 e. The molecule has 1 unspecified atom stereocenters. The highest BCUT2D eigenvalue weighted by atomic mass is 16.5. The number of rotatable bonds is 8. The highest BCUT2D eigenvalue weighted by Gasteiger charge is 2.35. The molecule has 0 saturated heterocycles. The van der Waals surface area contributed by atoms with E-state index >= 15 is 0 Å². The molecule has 0 aromatic rings. The smallest absolute Gasteiger partial charge is 0.0589 e. The Morgan fingerprint density at radius 3 is 2.53 bits per heavy atom. The molecule has 0 heterocycles. The van der Waals surface area contributed by atoms with Crippen LogP contribution in [0.25, 0.3) is 0 Å². The summed E-state index contributed by atoms with van der Waals surface area (Å²) in [5.41, 5.74) is 0. The van der Waals surface area contributed by atoms with Gasteiger partial charge in [0.15, 0.2) is 0 Å². The zero-order valence-electron chi connectivity index (χ0n) is 10.0. The van der Waals surface area contributed by atoms with Crippen molar-refractivity contribution in [2.24, 2.45) is 5.92 Å². The van der Waals surface area contributed by atoms with E-state index in [1.807, 2.05) is 0 Å². The highest BCUT2D eigenvalue weighted by molar-refractivity contribution is 4.92. The highest BCUT2D eigenvalue weighted by Crippen LogP contribution is 2.34. The van der Waals surface area contributed by atoms with E-state index < -0.39 is 0 Å². The molecule has 2 saturated carbocycles.